The third kappa shape index (κ3) is 5.36. The Morgan fingerprint density at radius 3 is 2.62 bits per heavy atom. The first-order valence-corrected chi connectivity index (χ1v) is 12.1. The lowest BCUT2D eigenvalue weighted by Gasteiger charge is -2.30. The summed E-state index contributed by atoms with van der Waals surface area (Å²) in [4.78, 5) is 30.9. The second-order valence-electron chi connectivity index (χ2n) is 8.49. The van der Waals surface area contributed by atoms with Crippen LogP contribution in [0.4, 0.5) is 0 Å². The number of likely N-dealkylation sites (tertiary alicyclic amines) is 1. The van der Waals surface area contributed by atoms with Gasteiger partial charge in [-0.3, -0.25) is 14.2 Å². The highest BCUT2D eigenvalue weighted by Crippen LogP contribution is 2.16. The minimum atomic E-state index is -0.140. The van der Waals surface area contributed by atoms with E-state index in [1.165, 1.54) is 12.8 Å². The zero-order valence-electron chi connectivity index (χ0n) is 18.1. The average Bonchev–Trinajstić information content (AvgIpc) is 2.79. The van der Waals surface area contributed by atoms with E-state index in [0.29, 0.717) is 34.3 Å². The van der Waals surface area contributed by atoms with E-state index in [-0.39, 0.29) is 11.5 Å². The topological polar surface area (TPSA) is 70.1 Å². The van der Waals surface area contributed by atoms with Gasteiger partial charge in [-0.1, -0.05) is 35.0 Å². The summed E-state index contributed by atoms with van der Waals surface area (Å²) in [7, 11) is 0. The maximum atomic E-state index is 12.9. The predicted octanol–water partition coefficient (Wildman–Crippen LogP) is 4.33. The number of aromatic amines is 1. The van der Waals surface area contributed by atoms with Crippen molar-refractivity contribution in [3.8, 4) is 0 Å². The van der Waals surface area contributed by atoms with Gasteiger partial charge in [0.2, 0.25) is 0 Å². The summed E-state index contributed by atoms with van der Waals surface area (Å²) in [6.45, 7) is 6.39. The first-order valence-electron chi connectivity index (χ1n) is 10.9. The van der Waals surface area contributed by atoms with Crippen LogP contribution in [-0.4, -0.2) is 46.5 Å². The van der Waals surface area contributed by atoms with Gasteiger partial charge in [-0.05, 0) is 80.0 Å². The number of fused-ring (bicyclic) bond motifs is 1. The van der Waals surface area contributed by atoms with E-state index >= 15 is 0 Å². The molecular formula is C24H27BrN4O2S. The number of benzene rings is 2. The van der Waals surface area contributed by atoms with Crippen LogP contribution in [0.25, 0.3) is 10.9 Å². The fourth-order valence-corrected chi connectivity index (χ4v) is 4.64. The Hall–Kier alpha value is -2.29. The standard InChI is InChI=1S/C24H27BrN4O2S/c1-16-8-11-28(12-9-16)13-10-26-22(30)18-4-2-17(3-5-18)15-29-23(31)20-14-19(25)6-7-21(20)27-24(29)32/h2-7,14,16H,8-13,15H2,1H3,(H,26,30)(H,27,32). The van der Waals surface area contributed by atoms with Crippen molar-refractivity contribution in [3.05, 3.63) is 73.2 Å². The maximum absolute atomic E-state index is 12.9. The molecular weight excluding hydrogens is 488 g/mol. The van der Waals surface area contributed by atoms with Crippen LogP contribution in [-0.2, 0) is 6.54 Å². The number of H-pyrrole nitrogens is 1. The van der Waals surface area contributed by atoms with Crippen molar-refractivity contribution in [1.29, 1.82) is 0 Å². The molecule has 0 radical (unpaired) electrons. The van der Waals surface area contributed by atoms with Gasteiger partial charge in [0.05, 0.1) is 17.4 Å². The van der Waals surface area contributed by atoms with E-state index in [1.807, 2.05) is 24.3 Å². The Kier molecular flexibility index (Phi) is 7.23. The third-order valence-corrected chi connectivity index (χ3v) is 6.91. The zero-order valence-corrected chi connectivity index (χ0v) is 20.5. The van der Waals surface area contributed by atoms with E-state index in [1.54, 1.807) is 22.8 Å². The van der Waals surface area contributed by atoms with Crippen molar-refractivity contribution >= 4 is 45.0 Å². The predicted molar refractivity (Wildman–Crippen MR) is 134 cm³/mol. The molecule has 1 fully saturated rings. The molecule has 0 unspecified atom stereocenters. The second kappa shape index (κ2) is 10.1. The van der Waals surface area contributed by atoms with Gasteiger partial charge in [0.1, 0.15) is 0 Å². The van der Waals surface area contributed by atoms with Gasteiger partial charge in [-0.2, -0.15) is 0 Å². The van der Waals surface area contributed by atoms with Crippen molar-refractivity contribution in [3.63, 3.8) is 0 Å². The Labute approximate surface area is 200 Å². The van der Waals surface area contributed by atoms with Gasteiger partial charge < -0.3 is 15.2 Å². The molecule has 4 rings (SSSR count). The van der Waals surface area contributed by atoms with Crippen LogP contribution in [0.1, 0.15) is 35.7 Å². The molecule has 168 valence electrons. The lowest BCUT2D eigenvalue weighted by Crippen LogP contribution is -2.39. The molecule has 1 aromatic heterocycles. The molecule has 1 aliphatic rings. The first kappa shape index (κ1) is 22.9. The molecule has 3 aromatic rings. The van der Waals surface area contributed by atoms with Gasteiger partial charge in [0, 0.05) is 23.1 Å². The lowest BCUT2D eigenvalue weighted by molar-refractivity contribution is 0.0944. The molecule has 0 bridgehead atoms. The third-order valence-electron chi connectivity index (χ3n) is 6.09. The first-order chi connectivity index (χ1) is 15.4. The number of nitrogens with zero attached hydrogens (tertiary/aromatic N) is 2. The fraction of sp³-hybridized carbons (Fsp3) is 0.375. The molecule has 1 aliphatic heterocycles. The number of piperidine rings is 1. The van der Waals surface area contributed by atoms with Gasteiger partial charge in [-0.15, -0.1) is 0 Å². The summed E-state index contributed by atoms with van der Waals surface area (Å²) in [5.41, 5.74) is 2.09. The molecule has 2 aromatic carbocycles. The van der Waals surface area contributed by atoms with E-state index in [4.69, 9.17) is 12.2 Å². The fourth-order valence-electron chi connectivity index (χ4n) is 4.03. The summed E-state index contributed by atoms with van der Waals surface area (Å²) < 4.78 is 2.75. The molecule has 1 amide bonds. The normalized spacial score (nSPS) is 15.2. The van der Waals surface area contributed by atoms with E-state index < -0.39 is 0 Å². The number of carbonyl (C=O) groups excluding carboxylic acids is 1. The van der Waals surface area contributed by atoms with Gasteiger partial charge in [-0.25, -0.2) is 0 Å². The highest BCUT2D eigenvalue weighted by Gasteiger charge is 2.15. The van der Waals surface area contributed by atoms with Crippen LogP contribution in [0.3, 0.4) is 0 Å². The number of hydrogen-bond acceptors (Lipinski definition) is 4. The molecule has 0 aliphatic carbocycles. The Morgan fingerprint density at radius 2 is 1.91 bits per heavy atom. The number of amides is 1. The second-order valence-corrected chi connectivity index (χ2v) is 9.79. The molecule has 2 heterocycles. The van der Waals surface area contributed by atoms with Crippen molar-refractivity contribution in [1.82, 2.24) is 19.8 Å². The summed E-state index contributed by atoms with van der Waals surface area (Å²) in [6, 6.07) is 12.8. The molecule has 0 atom stereocenters. The number of halogens is 1. The Balaban J connectivity index is 1.39. The minimum Gasteiger partial charge on any atom is -0.351 e. The molecule has 6 nitrogen and oxygen atoms in total. The summed E-state index contributed by atoms with van der Waals surface area (Å²) in [5, 5.41) is 3.58. The van der Waals surface area contributed by atoms with E-state index in [9.17, 15) is 9.59 Å². The van der Waals surface area contributed by atoms with Crippen molar-refractivity contribution in [2.24, 2.45) is 5.92 Å². The summed E-state index contributed by atoms with van der Waals surface area (Å²) in [6.07, 6.45) is 2.47. The van der Waals surface area contributed by atoms with Crippen molar-refractivity contribution in [2.75, 3.05) is 26.2 Å². The summed E-state index contributed by atoms with van der Waals surface area (Å²) >= 11 is 8.81. The van der Waals surface area contributed by atoms with Crippen molar-refractivity contribution in [2.45, 2.75) is 26.3 Å². The number of nitrogens with one attached hydrogen (secondary N) is 2. The van der Waals surface area contributed by atoms with Crippen LogP contribution in [0.5, 0.6) is 0 Å². The molecule has 1 saturated heterocycles. The summed E-state index contributed by atoms with van der Waals surface area (Å²) in [5.74, 6) is 0.730. The quantitative estimate of drug-likeness (QED) is 0.480. The van der Waals surface area contributed by atoms with E-state index in [0.717, 1.165) is 35.6 Å². The van der Waals surface area contributed by atoms with Crippen molar-refractivity contribution < 1.29 is 4.79 Å². The van der Waals surface area contributed by atoms with Gasteiger partial charge in [0.15, 0.2) is 4.77 Å². The maximum Gasteiger partial charge on any atom is 0.262 e. The lowest BCUT2D eigenvalue weighted by atomic mass is 9.99. The Bertz CT molecular complexity index is 1230. The molecule has 0 saturated carbocycles. The van der Waals surface area contributed by atoms with Gasteiger partial charge >= 0.3 is 0 Å². The minimum absolute atomic E-state index is 0.0769. The van der Waals surface area contributed by atoms with Crippen LogP contribution in [0.15, 0.2) is 51.7 Å². The number of rotatable bonds is 6. The van der Waals surface area contributed by atoms with Crippen LogP contribution < -0.4 is 10.9 Å². The number of aromatic nitrogens is 2. The highest BCUT2D eigenvalue weighted by atomic mass is 79.9. The molecule has 32 heavy (non-hydrogen) atoms. The zero-order chi connectivity index (χ0) is 22.7. The van der Waals surface area contributed by atoms with Gasteiger partial charge in [0.25, 0.3) is 11.5 Å². The SMILES string of the molecule is CC1CCN(CCNC(=O)c2ccc(Cn3c(=S)[nH]c4ccc(Br)cc4c3=O)cc2)CC1. The van der Waals surface area contributed by atoms with Crippen LogP contribution in [0.2, 0.25) is 0 Å². The molecule has 2 N–H and O–H groups in total. The highest BCUT2D eigenvalue weighted by molar-refractivity contribution is 9.10. The molecule has 8 heteroatoms. The Morgan fingerprint density at radius 1 is 1.19 bits per heavy atom. The number of hydrogen-bond donors (Lipinski definition) is 2. The molecule has 0 spiro atoms. The monoisotopic (exact) mass is 514 g/mol. The number of carbonyl (C=O) groups is 1. The smallest absolute Gasteiger partial charge is 0.262 e. The largest absolute Gasteiger partial charge is 0.351 e. The van der Waals surface area contributed by atoms with Crippen LogP contribution >= 0.6 is 28.1 Å². The van der Waals surface area contributed by atoms with E-state index in [2.05, 4.69) is 38.1 Å². The van der Waals surface area contributed by atoms with Crippen LogP contribution in [0, 0.1) is 10.7 Å². The average molecular weight is 515 g/mol.